The highest BCUT2D eigenvalue weighted by Crippen LogP contribution is 2.30. The minimum absolute atomic E-state index is 0.287. The molecule has 1 atom stereocenters. The van der Waals surface area contributed by atoms with Gasteiger partial charge in [0.25, 0.3) is 0 Å². The summed E-state index contributed by atoms with van der Waals surface area (Å²) in [5.74, 6) is 8.18. The molecule has 7 heteroatoms. The molecule has 1 saturated heterocycles. The number of fused-ring (bicyclic) bond motifs is 1. The van der Waals surface area contributed by atoms with E-state index in [1.54, 1.807) is 20.4 Å². The van der Waals surface area contributed by atoms with Crippen LogP contribution in [0.5, 0.6) is 11.5 Å². The summed E-state index contributed by atoms with van der Waals surface area (Å²) < 4.78 is 12.7. The Hall–Kier alpha value is -3.24. The van der Waals surface area contributed by atoms with Crippen LogP contribution in [0, 0.1) is 18.8 Å². The number of anilines is 1. The first-order chi connectivity index (χ1) is 13.6. The van der Waals surface area contributed by atoms with E-state index in [0.29, 0.717) is 23.0 Å². The molecule has 3 heterocycles. The zero-order valence-corrected chi connectivity index (χ0v) is 16.2. The highest BCUT2D eigenvalue weighted by atomic mass is 16.5. The van der Waals surface area contributed by atoms with Gasteiger partial charge in [-0.3, -0.25) is 4.68 Å². The topological polar surface area (TPSA) is 87.2 Å². The molecule has 1 fully saturated rings. The van der Waals surface area contributed by atoms with Crippen molar-refractivity contribution in [3.05, 3.63) is 41.2 Å². The molecule has 3 N–H and O–H groups in total. The number of methoxy groups -OCH3 is 2. The number of rotatable bonds is 3. The second kappa shape index (κ2) is 7.41. The molecule has 0 amide bonds. The van der Waals surface area contributed by atoms with Crippen molar-refractivity contribution < 1.29 is 9.47 Å². The largest absolute Gasteiger partial charge is 0.497 e. The van der Waals surface area contributed by atoms with Gasteiger partial charge >= 0.3 is 0 Å². The van der Waals surface area contributed by atoms with E-state index in [4.69, 9.17) is 20.3 Å². The Balaban J connectivity index is 1.85. The van der Waals surface area contributed by atoms with Gasteiger partial charge in [-0.25, -0.2) is 4.98 Å². The molecule has 28 heavy (non-hydrogen) atoms. The first-order valence-corrected chi connectivity index (χ1v) is 9.19. The molecular weight excluding hydrogens is 354 g/mol. The molecule has 1 aromatic carbocycles. The van der Waals surface area contributed by atoms with Crippen LogP contribution in [-0.2, 0) is 0 Å². The molecule has 3 aromatic rings. The van der Waals surface area contributed by atoms with Crippen molar-refractivity contribution >= 4 is 16.7 Å². The summed E-state index contributed by atoms with van der Waals surface area (Å²) in [6.45, 7) is 3.90. The predicted octanol–water partition coefficient (Wildman–Crippen LogP) is 2.27. The molecular formula is C21H23N5O2. The fourth-order valence-corrected chi connectivity index (χ4v) is 3.56. The van der Waals surface area contributed by atoms with Crippen LogP contribution in [0.15, 0.2) is 24.4 Å². The number of nitrogens with two attached hydrogens (primary N) is 1. The number of pyridine rings is 1. The van der Waals surface area contributed by atoms with Crippen molar-refractivity contribution in [2.45, 2.75) is 19.4 Å². The molecule has 0 spiro atoms. The van der Waals surface area contributed by atoms with Gasteiger partial charge in [-0.1, -0.05) is 5.92 Å². The summed E-state index contributed by atoms with van der Waals surface area (Å²) in [5, 5.41) is 9.02. The lowest BCUT2D eigenvalue weighted by Gasteiger charge is -2.11. The van der Waals surface area contributed by atoms with Gasteiger partial charge in [-0.2, -0.15) is 5.10 Å². The van der Waals surface area contributed by atoms with Crippen molar-refractivity contribution in [3.63, 3.8) is 0 Å². The summed E-state index contributed by atoms with van der Waals surface area (Å²) in [6, 6.07) is 5.83. The fourth-order valence-electron chi connectivity index (χ4n) is 3.56. The van der Waals surface area contributed by atoms with Crippen LogP contribution < -0.4 is 20.5 Å². The molecule has 2 aromatic heterocycles. The van der Waals surface area contributed by atoms with Crippen LogP contribution in [-0.4, -0.2) is 42.1 Å². The summed E-state index contributed by atoms with van der Waals surface area (Å²) in [7, 11) is 3.23. The third-order valence-electron chi connectivity index (χ3n) is 4.99. The Bertz CT molecular complexity index is 1070. The Morgan fingerprint density at radius 1 is 1.18 bits per heavy atom. The first-order valence-electron chi connectivity index (χ1n) is 9.19. The van der Waals surface area contributed by atoms with Crippen molar-refractivity contribution in [1.29, 1.82) is 0 Å². The summed E-state index contributed by atoms with van der Waals surface area (Å²) in [4.78, 5) is 4.32. The van der Waals surface area contributed by atoms with Gasteiger partial charge in [-0.15, -0.1) is 0 Å². The van der Waals surface area contributed by atoms with Gasteiger partial charge in [0.15, 0.2) is 0 Å². The van der Waals surface area contributed by atoms with Gasteiger partial charge in [0.2, 0.25) is 0 Å². The lowest BCUT2D eigenvalue weighted by Crippen LogP contribution is -2.15. The molecule has 0 radical (unpaired) electrons. The average Bonchev–Trinajstić information content (AvgIpc) is 3.37. The van der Waals surface area contributed by atoms with E-state index in [1.165, 1.54) is 0 Å². The number of nitrogens with one attached hydrogen (secondary N) is 1. The van der Waals surface area contributed by atoms with Crippen LogP contribution in [0.4, 0.5) is 5.82 Å². The smallest absolute Gasteiger partial charge is 0.147 e. The van der Waals surface area contributed by atoms with E-state index < -0.39 is 0 Å². The van der Waals surface area contributed by atoms with Gasteiger partial charge in [-0.05, 0) is 43.5 Å². The van der Waals surface area contributed by atoms with E-state index in [9.17, 15) is 0 Å². The SMILES string of the molecule is COc1cc(C#Cc2nn(C3CCNC3)c3c(C)cnc(N)c23)cc(OC)c1. The van der Waals surface area contributed by atoms with Crippen molar-refractivity contribution in [2.24, 2.45) is 0 Å². The minimum Gasteiger partial charge on any atom is -0.497 e. The molecule has 0 bridgehead atoms. The van der Waals surface area contributed by atoms with Crippen molar-refractivity contribution in [3.8, 4) is 23.3 Å². The van der Waals surface area contributed by atoms with Crippen LogP contribution in [0.2, 0.25) is 0 Å². The van der Waals surface area contributed by atoms with Crippen LogP contribution in [0.1, 0.15) is 29.3 Å². The zero-order valence-electron chi connectivity index (χ0n) is 16.2. The maximum absolute atomic E-state index is 6.21. The van der Waals surface area contributed by atoms with E-state index >= 15 is 0 Å². The van der Waals surface area contributed by atoms with Crippen molar-refractivity contribution in [1.82, 2.24) is 20.1 Å². The van der Waals surface area contributed by atoms with Gasteiger partial charge in [0.05, 0.1) is 31.2 Å². The van der Waals surface area contributed by atoms with E-state index in [-0.39, 0.29) is 6.04 Å². The molecule has 1 aliphatic rings. The Morgan fingerprint density at radius 3 is 2.57 bits per heavy atom. The molecule has 144 valence electrons. The number of hydrogen-bond acceptors (Lipinski definition) is 6. The number of ether oxygens (including phenoxy) is 2. The van der Waals surface area contributed by atoms with Gasteiger partial charge < -0.3 is 20.5 Å². The van der Waals surface area contributed by atoms with Crippen LogP contribution in [0.25, 0.3) is 10.9 Å². The molecule has 4 rings (SSSR count). The van der Waals surface area contributed by atoms with E-state index in [1.807, 2.05) is 25.1 Å². The quantitative estimate of drug-likeness (QED) is 0.681. The van der Waals surface area contributed by atoms with Gasteiger partial charge in [0.1, 0.15) is 23.0 Å². The highest BCUT2D eigenvalue weighted by Gasteiger charge is 2.23. The predicted molar refractivity (Wildman–Crippen MR) is 109 cm³/mol. The number of benzene rings is 1. The highest BCUT2D eigenvalue weighted by molar-refractivity contribution is 5.95. The number of aromatic nitrogens is 3. The van der Waals surface area contributed by atoms with Crippen molar-refractivity contribution in [2.75, 3.05) is 33.0 Å². The maximum atomic E-state index is 6.21. The second-order valence-corrected chi connectivity index (χ2v) is 6.84. The van der Waals surface area contributed by atoms with E-state index in [2.05, 4.69) is 26.8 Å². The number of nitrogen functional groups attached to an aromatic ring is 1. The average molecular weight is 377 g/mol. The number of hydrogen-bond donors (Lipinski definition) is 2. The third kappa shape index (κ3) is 3.23. The third-order valence-corrected chi connectivity index (χ3v) is 4.99. The zero-order chi connectivity index (χ0) is 19.7. The molecule has 1 unspecified atom stereocenters. The van der Waals surface area contributed by atoms with Gasteiger partial charge in [0, 0.05) is 24.4 Å². The summed E-state index contributed by atoms with van der Waals surface area (Å²) >= 11 is 0. The Kier molecular flexibility index (Phi) is 4.80. The number of aryl methyl sites for hydroxylation is 1. The summed E-state index contributed by atoms with van der Waals surface area (Å²) in [5.41, 5.74) is 9.67. The normalized spacial score (nSPS) is 16.0. The lowest BCUT2D eigenvalue weighted by molar-refractivity contribution is 0.394. The molecule has 7 nitrogen and oxygen atoms in total. The van der Waals surface area contributed by atoms with Crippen LogP contribution >= 0.6 is 0 Å². The Morgan fingerprint density at radius 2 is 1.93 bits per heavy atom. The fraction of sp³-hybridized carbons (Fsp3) is 0.333. The Labute approximate surface area is 163 Å². The number of nitrogens with zero attached hydrogens (tertiary/aromatic N) is 3. The molecule has 1 aliphatic heterocycles. The summed E-state index contributed by atoms with van der Waals surface area (Å²) in [6.07, 6.45) is 2.82. The minimum atomic E-state index is 0.287. The monoisotopic (exact) mass is 377 g/mol. The van der Waals surface area contributed by atoms with Crippen LogP contribution in [0.3, 0.4) is 0 Å². The first kappa shape index (κ1) is 18.1. The standard InChI is InChI=1S/C21H23N5O2/c1-13-11-24-21(22)19-18(25-26(20(13)19)15-6-7-23-12-15)5-4-14-8-16(27-2)10-17(9-14)28-3/h8-11,15,23H,6-7,12H2,1-3H3,(H2,22,24). The van der Waals surface area contributed by atoms with E-state index in [0.717, 1.165) is 41.5 Å². The molecule has 0 aliphatic carbocycles. The maximum Gasteiger partial charge on any atom is 0.147 e. The molecule has 0 saturated carbocycles. The lowest BCUT2D eigenvalue weighted by atomic mass is 10.1. The second-order valence-electron chi connectivity index (χ2n) is 6.84.